The highest BCUT2D eigenvalue weighted by Gasteiger charge is 2.47. The monoisotopic (exact) mass is 506 g/mol. The third-order valence-electron chi connectivity index (χ3n) is 7.19. The third kappa shape index (κ3) is 3.93. The second-order valence-corrected chi connectivity index (χ2v) is 11.0. The summed E-state index contributed by atoms with van der Waals surface area (Å²) in [6, 6.07) is 7.88. The normalized spacial score (nSPS) is 22.5. The van der Waals surface area contributed by atoms with E-state index < -0.39 is 0 Å². The Labute approximate surface area is 208 Å². The molecule has 1 spiro atoms. The number of hydrogen-bond acceptors (Lipinski definition) is 6. The van der Waals surface area contributed by atoms with E-state index in [1.807, 2.05) is 12.1 Å². The molecule has 0 aliphatic carbocycles. The number of halogens is 2. The minimum atomic E-state index is -0.0900. The van der Waals surface area contributed by atoms with Gasteiger partial charge in [-0.15, -0.1) is 0 Å². The van der Waals surface area contributed by atoms with E-state index in [-0.39, 0.29) is 24.2 Å². The van der Waals surface area contributed by atoms with Gasteiger partial charge in [-0.05, 0) is 50.5 Å². The van der Waals surface area contributed by atoms with E-state index in [0.717, 1.165) is 65.1 Å². The maximum absolute atomic E-state index is 10.1. The van der Waals surface area contributed by atoms with Gasteiger partial charge < -0.3 is 20.5 Å². The van der Waals surface area contributed by atoms with Crippen LogP contribution in [0.5, 0.6) is 0 Å². The number of aliphatic hydroxyl groups excluding tert-OH is 1. The number of hydrogen-bond donors (Lipinski definition) is 2. The molecule has 1 aromatic carbocycles. The van der Waals surface area contributed by atoms with Gasteiger partial charge in [0.25, 0.3) is 0 Å². The average Bonchev–Trinajstić information content (AvgIpc) is 3.36. The largest absolute Gasteiger partial charge is 0.390 e. The highest BCUT2D eigenvalue weighted by molar-refractivity contribution is 7.99. The molecule has 5 rings (SSSR count). The molecule has 0 saturated carbocycles. The molecule has 0 amide bonds. The summed E-state index contributed by atoms with van der Waals surface area (Å²) < 4.78 is 7.96. The van der Waals surface area contributed by atoms with Crippen LogP contribution in [0.1, 0.15) is 31.0 Å². The fraction of sp³-hybridized carbons (Fsp3) is 0.458. The highest BCUT2D eigenvalue weighted by atomic mass is 35.5. The fourth-order valence-electron chi connectivity index (χ4n) is 5.10. The molecule has 6 nitrogen and oxygen atoms in total. The Morgan fingerprint density at radius 3 is 2.73 bits per heavy atom. The lowest BCUT2D eigenvalue weighted by Gasteiger charge is -2.42. The molecule has 0 radical (unpaired) electrons. The number of benzene rings is 1. The zero-order valence-corrected chi connectivity index (χ0v) is 21.1. The van der Waals surface area contributed by atoms with Gasteiger partial charge >= 0.3 is 0 Å². The third-order valence-corrected chi connectivity index (χ3v) is 9.39. The molecule has 2 saturated heterocycles. The lowest BCUT2D eigenvalue weighted by Crippen LogP contribution is -2.51. The number of aliphatic hydroxyl groups is 1. The van der Waals surface area contributed by atoms with Crippen LogP contribution in [0.25, 0.3) is 5.65 Å². The van der Waals surface area contributed by atoms with E-state index >= 15 is 0 Å². The van der Waals surface area contributed by atoms with Crippen molar-refractivity contribution in [3.63, 3.8) is 0 Å². The van der Waals surface area contributed by atoms with Gasteiger partial charge in [-0.25, -0.2) is 4.98 Å². The number of nitrogens with two attached hydrogens (primary N) is 1. The minimum absolute atomic E-state index is 0.0535. The van der Waals surface area contributed by atoms with Gasteiger partial charge in [0.15, 0.2) is 5.65 Å². The van der Waals surface area contributed by atoms with Crippen LogP contribution < -0.4 is 10.6 Å². The predicted molar refractivity (Wildman–Crippen MR) is 134 cm³/mol. The summed E-state index contributed by atoms with van der Waals surface area (Å²) >= 11 is 14.2. The number of aryl methyl sites for hydroxylation is 1. The molecule has 4 heterocycles. The summed E-state index contributed by atoms with van der Waals surface area (Å²) in [6.45, 7) is 6.57. The zero-order chi connectivity index (χ0) is 23.3. The van der Waals surface area contributed by atoms with E-state index in [2.05, 4.69) is 34.2 Å². The number of aromatic nitrogens is 2. The maximum Gasteiger partial charge on any atom is 0.152 e. The van der Waals surface area contributed by atoms with E-state index in [9.17, 15) is 5.11 Å². The number of nitrogens with zero attached hydrogens (tertiary/aromatic N) is 3. The lowest BCUT2D eigenvalue weighted by atomic mass is 9.73. The summed E-state index contributed by atoms with van der Waals surface area (Å²) in [5.74, 6) is 1.04. The van der Waals surface area contributed by atoms with Crippen LogP contribution in [-0.4, -0.2) is 46.3 Å². The average molecular weight is 507 g/mol. The van der Waals surface area contributed by atoms with Crippen molar-refractivity contribution in [1.29, 1.82) is 0 Å². The zero-order valence-electron chi connectivity index (χ0n) is 18.7. The molecular formula is C24H28Cl2N4O2S. The molecule has 9 heteroatoms. The van der Waals surface area contributed by atoms with Crippen LogP contribution >= 0.6 is 35.0 Å². The molecule has 0 bridgehead atoms. The minimum Gasteiger partial charge on any atom is -0.390 e. The Morgan fingerprint density at radius 1 is 1.30 bits per heavy atom. The quantitative estimate of drug-likeness (QED) is 0.522. The number of imidazole rings is 1. The molecule has 0 unspecified atom stereocenters. The summed E-state index contributed by atoms with van der Waals surface area (Å²) in [7, 11) is 0. The topological polar surface area (TPSA) is 76.0 Å². The van der Waals surface area contributed by atoms with E-state index in [4.69, 9.17) is 33.7 Å². The van der Waals surface area contributed by atoms with Crippen molar-refractivity contribution in [1.82, 2.24) is 9.38 Å². The van der Waals surface area contributed by atoms with Crippen molar-refractivity contribution in [2.45, 2.75) is 55.2 Å². The summed E-state index contributed by atoms with van der Waals surface area (Å²) in [4.78, 5) is 8.94. The van der Waals surface area contributed by atoms with Crippen molar-refractivity contribution in [3.8, 4) is 0 Å². The first kappa shape index (κ1) is 23.3. The van der Waals surface area contributed by atoms with Gasteiger partial charge in [0, 0.05) is 29.4 Å². The van der Waals surface area contributed by atoms with Gasteiger partial charge in [0.1, 0.15) is 5.82 Å². The SMILES string of the molecule is Cc1cc(N2CCC3(CC2)CO[C@@H](C)[C@H]3N)n2c(CO)cnc2c1Sc1cccc(Cl)c1Cl. The summed E-state index contributed by atoms with van der Waals surface area (Å²) in [6.07, 6.45) is 3.82. The van der Waals surface area contributed by atoms with Crippen LogP contribution in [0.3, 0.4) is 0 Å². The second-order valence-electron chi connectivity index (χ2n) is 9.13. The Bertz CT molecular complexity index is 1190. The Morgan fingerprint density at radius 2 is 2.06 bits per heavy atom. The van der Waals surface area contributed by atoms with Gasteiger partial charge in [0.2, 0.25) is 0 Å². The molecule has 2 atom stereocenters. The van der Waals surface area contributed by atoms with Gasteiger partial charge in [-0.1, -0.05) is 41.0 Å². The number of ether oxygens (including phenoxy) is 1. The number of piperidine rings is 1. The van der Waals surface area contributed by atoms with Crippen molar-refractivity contribution in [2.24, 2.45) is 11.1 Å². The molecule has 2 fully saturated rings. The smallest absolute Gasteiger partial charge is 0.152 e. The molecule has 3 aromatic rings. The Hall–Kier alpha value is -1.48. The van der Waals surface area contributed by atoms with Gasteiger partial charge in [-0.2, -0.15) is 0 Å². The molecule has 2 aliphatic heterocycles. The Balaban J connectivity index is 1.51. The first-order chi connectivity index (χ1) is 15.8. The number of rotatable bonds is 4. The van der Waals surface area contributed by atoms with E-state index in [1.54, 1.807) is 24.0 Å². The van der Waals surface area contributed by atoms with Crippen molar-refractivity contribution >= 4 is 46.4 Å². The van der Waals surface area contributed by atoms with Gasteiger partial charge in [-0.3, -0.25) is 4.40 Å². The van der Waals surface area contributed by atoms with Crippen LogP contribution in [0.15, 0.2) is 40.3 Å². The summed E-state index contributed by atoms with van der Waals surface area (Å²) in [5.41, 5.74) is 9.24. The van der Waals surface area contributed by atoms with E-state index in [0.29, 0.717) is 10.0 Å². The number of anilines is 1. The molecule has 3 N–H and O–H groups in total. The van der Waals surface area contributed by atoms with Crippen molar-refractivity contribution < 1.29 is 9.84 Å². The van der Waals surface area contributed by atoms with E-state index in [1.165, 1.54) is 0 Å². The lowest BCUT2D eigenvalue weighted by molar-refractivity contribution is 0.0974. The number of pyridine rings is 1. The first-order valence-corrected chi connectivity index (χ1v) is 12.8. The predicted octanol–water partition coefficient (Wildman–Crippen LogP) is 4.93. The van der Waals surface area contributed by atoms with Crippen molar-refractivity contribution in [3.05, 3.63) is 51.8 Å². The molecule has 176 valence electrons. The maximum atomic E-state index is 10.1. The summed E-state index contributed by atoms with van der Waals surface area (Å²) in [5, 5.41) is 11.1. The van der Waals surface area contributed by atoms with Gasteiger partial charge in [0.05, 0.1) is 46.1 Å². The Kier molecular flexibility index (Phi) is 6.31. The fourth-order valence-corrected chi connectivity index (χ4v) is 6.59. The molecular weight excluding hydrogens is 479 g/mol. The van der Waals surface area contributed by atoms with Crippen LogP contribution in [0, 0.1) is 12.3 Å². The molecule has 2 aromatic heterocycles. The first-order valence-electron chi connectivity index (χ1n) is 11.2. The standard InChI is InChI=1S/C24H28Cl2N4O2S/c1-14-10-19(29-8-6-24(7-9-29)13-32-15(2)22(24)27)30-16(12-31)11-28-23(30)21(14)33-18-5-3-4-17(25)20(18)26/h3-5,10-11,15,22,31H,6-9,12-13,27H2,1-2H3/t15-,22+/m0/s1. The van der Waals surface area contributed by atoms with Crippen molar-refractivity contribution in [2.75, 3.05) is 24.6 Å². The van der Waals surface area contributed by atoms with Crippen LogP contribution in [0.4, 0.5) is 5.82 Å². The highest BCUT2D eigenvalue weighted by Crippen LogP contribution is 2.44. The van der Waals surface area contributed by atoms with Crippen LogP contribution in [-0.2, 0) is 11.3 Å². The second kappa shape index (κ2) is 8.95. The molecule has 33 heavy (non-hydrogen) atoms. The number of fused-ring (bicyclic) bond motifs is 1. The molecule has 2 aliphatic rings. The van der Waals surface area contributed by atoms with Crippen LogP contribution in [0.2, 0.25) is 10.0 Å².